The van der Waals surface area contributed by atoms with Gasteiger partial charge < -0.3 is 11.1 Å². The van der Waals surface area contributed by atoms with Crippen molar-refractivity contribution < 1.29 is 9.59 Å². The van der Waals surface area contributed by atoms with Crippen LogP contribution in [0.4, 0.5) is 5.13 Å². The van der Waals surface area contributed by atoms with Gasteiger partial charge in [-0.25, -0.2) is 4.98 Å². The second-order valence-corrected chi connectivity index (χ2v) is 7.39. The summed E-state index contributed by atoms with van der Waals surface area (Å²) in [6.45, 7) is 5.67. The van der Waals surface area contributed by atoms with Crippen LogP contribution in [0, 0.1) is 20.8 Å². The number of thiazole rings is 1. The Hall–Kier alpha value is -1.87. The van der Waals surface area contributed by atoms with Crippen LogP contribution in [0.5, 0.6) is 0 Å². The van der Waals surface area contributed by atoms with Gasteiger partial charge in [-0.15, -0.1) is 11.8 Å². The summed E-state index contributed by atoms with van der Waals surface area (Å²) in [7, 11) is 1.86. The Morgan fingerprint density at radius 3 is 2.57 bits per heavy atom. The lowest BCUT2D eigenvalue weighted by atomic mass is 10.1. The molecule has 0 aliphatic heterocycles. The third kappa shape index (κ3) is 4.32. The standard InChI is InChI=1S/C14H19N5O2S2/c1-7-10(9(3)19(4)18-7)5-12(21)17-14-16-8(2)13(23-14)22-6-11(15)20/h5-6H2,1-4H3,(H2,15,20)(H,16,17,21). The number of carbonyl (C=O) groups is 2. The summed E-state index contributed by atoms with van der Waals surface area (Å²) >= 11 is 2.68. The zero-order chi connectivity index (χ0) is 17.1. The van der Waals surface area contributed by atoms with E-state index in [0.717, 1.165) is 26.9 Å². The number of rotatable bonds is 6. The van der Waals surface area contributed by atoms with Gasteiger partial charge in [0.1, 0.15) is 0 Å². The van der Waals surface area contributed by atoms with Crippen LogP contribution in [0.2, 0.25) is 0 Å². The molecule has 2 rings (SSSR count). The summed E-state index contributed by atoms with van der Waals surface area (Å²) in [6.07, 6.45) is 0.258. The zero-order valence-electron chi connectivity index (χ0n) is 13.5. The fourth-order valence-electron chi connectivity index (χ4n) is 2.10. The van der Waals surface area contributed by atoms with Crippen LogP contribution < -0.4 is 11.1 Å². The monoisotopic (exact) mass is 353 g/mol. The minimum atomic E-state index is -0.379. The predicted octanol–water partition coefficient (Wildman–Crippen LogP) is 1.56. The van der Waals surface area contributed by atoms with Gasteiger partial charge in [0.2, 0.25) is 11.8 Å². The summed E-state index contributed by atoms with van der Waals surface area (Å²) in [5.41, 5.74) is 8.69. The first-order chi connectivity index (χ1) is 10.8. The number of nitrogens with one attached hydrogen (secondary N) is 1. The van der Waals surface area contributed by atoms with Gasteiger partial charge in [0.25, 0.3) is 0 Å². The number of anilines is 1. The third-order valence-electron chi connectivity index (χ3n) is 3.34. The fraction of sp³-hybridized carbons (Fsp3) is 0.429. The molecule has 2 aromatic rings. The molecular weight excluding hydrogens is 334 g/mol. The molecular formula is C14H19N5O2S2. The van der Waals surface area contributed by atoms with Crippen LogP contribution in [-0.2, 0) is 23.1 Å². The Balaban J connectivity index is 2.03. The first-order valence-corrected chi connectivity index (χ1v) is 8.75. The van der Waals surface area contributed by atoms with Crippen molar-refractivity contribution in [3.63, 3.8) is 0 Å². The Labute approximate surface area is 142 Å². The number of nitrogens with zero attached hydrogens (tertiary/aromatic N) is 3. The average Bonchev–Trinajstić information content (AvgIpc) is 2.91. The van der Waals surface area contributed by atoms with Crippen molar-refractivity contribution in [2.45, 2.75) is 31.4 Å². The summed E-state index contributed by atoms with van der Waals surface area (Å²) in [5.74, 6) is -0.315. The highest BCUT2D eigenvalue weighted by atomic mass is 32.2. The Morgan fingerprint density at radius 2 is 2.00 bits per heavy atom. The molecule has 3 N–H and O–H groups in total. The van der Waals surface area contributed by atoms with E-state index < -0.39 is 0 Å². The van der Waals surface area contributed by atoms with Crippen molar-refractivity contribution in [1.29, 1.82) is 0 Å². The topological polar surface area (TPSA) is 103 Å². The minimum Gasteiger partial charge on any atom is -0.369 e. The maximum Gasteiger partial charge on any atom is 0.230 e. The van der Waals surface area contributed by atoms with Crippen molar-refractivity contribution in [2.75, 3.05) is 11.1 Å². The number of hydrogen-bond acceptors (Lipinski definition) is 6. The molecule has 0 bridgehead atoms. The first kappa shape index (κ1) is 17.5. The van der Waals surface area contributed by atoms with Gasteiger partial charge in [-0.05, 0) is 20.8 Å². The summed E-state index contributed by atoms with van der Waals surface area (Å²) in [6, 6.07) is 0. The molecule has 0 saturated heterocycles. The highest BCUT2D eigenvalue weighted by molar-refractivity contribution is 8.01. The third-order valence-corrected chi connectivity index (χ3v) is 5.80. The van der Waals surface area contributed by atoms with E-state index in [1.807, 2.05) is 27.8 Å². The molecule has 0 aromatic carbocycles. The maximum absolute atomic E-state index is 12.2. The van der Waals surface area contributed by atoms with Gasteiger partial charge in [0, 0.05) is 18.3 Å². The number of aromatic nitrogens is 3. The first-order valence-electron chi connectivity index (χ1n) is 6.95. The maximum atomic E-state index is 12.2. The van der Waals surface area contributed by atoms with Gasteiger partial charge in [-0.1, -0.05) is 11.3 Å². The molecule has 0 unspecified atom stereocenters. The molecule has 0 fully saturated rings. The molecule has 2 amide bonds. The second-order valence-electron chi connectivity index (χ2n) is 5.14. The fourth-order valence-corrected chi connectivity index (χ4v) is 4.00. The predicted molar refractivity (Wildman–Crippen MR) is 91.8 cm³/mol. The smallest absolute Gasteiger partial charge is 0.230 e. The lowest BCUT2D eigenvalue weighted by Gasteiger charge is -2.02. The summed E-state index contributed by atoms with van der Waals surface area (Å²) in [4.78, 5) is 27.4. The van der Waals surface area contributed by atoms with E-state index in [9.17, 15) is 9.59 Å². The van der Waals surface area contributed by atoms with E-state index in [4.69, 9.17) is 5.73 Å². The number of nitrogens with two attached hydrogens (primary N) is 1. The second kappa shape index (κ2) is 7.14. The quantitative estimate of drug-likeness (QED) is 0.767. The SMILES string of the molecule is Cc1nc(NC(=O)Cc2c(C)nn(C)c2C)sc1SCC(N)=O. The van der Waals surface area contributed by atoms with Gasteiger partial charge in [0.15, 0.2) is 5.13 Å². The molecule has 124 valence electrons. The lowest BCUT2D eigenvalue weighted by molar-refractivity contribution is -0.116. The van der Waals surface area contributed by atoms with Crippen LogP contribution in [0.25, 0.3) is 0 Å². The van der Waals surface area contributed by atoms with E-state index in [0.29, 0.717) is 5.13 Å². The van der Waals surface area contributed by atoms with E-state index in [-0.39, 0.29) is 24.0 Å². The summed E-state index contributed by atoms with van der Waals surface area (Å²) in [5, 5.41) is 7.64. The average molecular weight is 353 g/mol. The van der Waals surface area contributed by atoms with E-state index in [2.05, 4.69) is 15.4 Å². The molecule has 0 aliphatic rings. The number of carbonyl (C=O) groups excluding carboxylic acids is 2. The minimum absolute atomic E-state index is 0.135. The molecule has 0 aliphatic carbocycles. The molecule has 0 saturated carbocycles. The van der Waals surface area contributed by atoms with Crippen molar-refractivity contribution in [3.05, 3.63) is 22.6 Å². The van der Waals surface area contributed by atoms with Crippen LogP contribution in [-0.4, -0.2) is 32.3 Å². The number of amides is 2. The molecule has 2 heterocycles. The Morgan fingerprint density at radius 1 is 1.30 bits per heavy atom. The van der Waals surface area contributed by atoms with E-state index in [1.165, 1.54) is 23.1 Å². The number of aryl methyl sites for hydroxylation is 3. The number of primary amides is 1. The van der Waals surface area contributed by atoms with Crippen molar-refractivity contribution in [2.24, 2.45) is 12.8 Å². The molecule has 7 nitrogen and oxygen atoms in total. The van der Waals surface area contributed by atoms with Gasteiger partial charge in [-0.2, -0.15) is 5.10 Å². The number of thioether (sulfide) groups is 1. The van der Waals surface area contributed by atoms with Gasteiger partial charge in [0.05, 0.1) is 27.8 Å². The van der Waals surface area contributed by atoms with Crippen LogP contribution in [0.3, 0.4) is 0 Å². The highest BCUT2D eigenvalue weighted by Crippen LogP contribution is 2.31. The van der Waals surface area contributed by atoms with Crippen LogP contribution >= 0.6 is 23.1 Å². The highest BCUT2D eigenvalue weighted by Gasteiger charge is 2.16. The van der Waals surface area contributed by atoms with Crippen LogP contribution in [0.15, 0.2) is 4.21 Å². The molecule has 0 atom stereocenters. The molecule has 2 aromatic heterocycles. The lowest BCUT2D eigenvalue weighted by Crippen LogP contribution is -2.15. The van der Waals surface area contributed by atoms with Gasteiger partial charge in [-0.3, -0.25) is 14.3 Å². The van der Waals surface area contributed by atoms with Crippen molar-refractivity contribution >= 4 is 40.0 Å². The van der Waals surface area contributed by atoms with Crippen molar-refractivity contribution in [1.82, 2.24) is 14.8 Å². The Kier molecular flexibility index (Phi) is 5.42. The molecule has 0 radical (unpaired) electrons. The normalized spacial score (nSPS) is 10.8. The Bertz CT molecular complexity index is 751. The van der Waals surface area contributed by atoms with Gasteiger partial charge >= 0.3 is 0 Å². The molecule has 9 heteroatoms. The largest absolute Gasteiger partial charge is 0.369 e. The van der Waals surface area contributed by atoms with Crippen LogP contribution in [0.1, 0.15) is 22.6 Å². The van der Waals surface area contributed by atoms with E-state index in [1.54, 1.807) is 4.68 Å². The van der Waals surface area contributed by atoms with Crippen molar-refractivity contribution in [3.8, 4) is 0 Å². The summed E-state index contributed by atoms with van der Waals surface area (Å²) < 4.78 is 2.65. The number of hydrogen-bond donors (Lipinski definition) is 2. The molecule has 0 spiro atoms. The zero-order valence-corrected chi connectivity index (χ0v) is 15.1. The molecule has 23 heavy (non-hydrogen) atoms. The van der Waals surface area contributed by atoms with E-state index >= 15 is 0 Å².